The molecule has 1 aromatic rings. The number of rotatable bonds is 5. The zero-order valence-electron chi connectivity index (χ0n) is 10.9. The molecule has 1 aromatic heterocycles. The van der Waals surface area contributed by atoms with E-state index in [0.29, 0.717) is 18.1 Å². The molecule has 0 radical (unpaired) electrons. The summed E-state index contributed by atoms with van der Waals surface area (Å²) < 4.78 is 5.68. The van der Waals surface area contributed by atoms with Gasteiger partial charge >= 0.3 is 0 Å². The van der Waals surface area contributed by atoms with Gasteiger partial charge in [-0.2, -0.15) is 0 Å². The molecule has 0 aromatic carbocycles. The van der Waals surface area contributed by atoms with E-state index in [-0.39, 0.29) is 0 Å². The minimum atomic E-state index is 0.374. The van der Waals surface area contributed by atoms with Crippen molar-refractivity contribution in [1.29, 1.82) is 0 Å². The lowest BCUT2D eigenvalue weighted by Gasteiger charge is -2.26. The zero-order chi connectivity index (χ0) is 12.3. The number of aryl methyl sites for hydroxylation is 1. The predicted molar refractivity (Wildman–Crippen MR) is 71.5 cm³/mol. The molecule has 0 bridgehead atoms. The monoisotopic (exact) mass is 254 g/mol. The summed E-state index contributed by atoms with van der Waals surface area (Å²) in [5, 5.41) is 6.94. The van der Waals surface area contributed by atoms with Crippen LogP contribution in [-0.4, -0.2) is 30.3 Å². The maximum atomic E-state index is 5.68. The highest BCUT2D eigenvalue weighted by molar-refractivity contribution is 7.09. The van der Waals surface area contributed by atoms with Crippen LogP contribution in [0, 0.1) is 12.8 Å². The summed E-state index contributed by atoms with van der Waals surface area (Å²) in [6, 6.07) is 0.499. The van der Waals surface area contributed by atoms with Crippen LogP contribution < -0.4 is 5.32 Å². The Morgan fingerprint density at radius 3 is 3.00 bits per heavy atom. The first-order valence-corrected chi connectivity index (χ1v) is 7.34. The van der Waals surface area contributed by atoms with Crippen LogP contribution in [-0.2, 0) is 11.2 Å². The Kier molecular flexibility index (Phi) is 4.54. The van der Waals surface area contributed by atoms with Crippen molar-refractivity contribution in [2.75, 3.05) is 13.2 Å². The summed E-state index contributed by atoms with van der Waals surface area (Å²) >= 11 is 1.74. The summed E-state index contributed by atoms with van der Waals surface area (Å²) in [4.78, 5) is 4.57. The SMILES string of the molecule is CCNC(Cc1csc(C)n1)C1CCOC1C. The number of nitrogens with one attached hydrogen (secondary N) is 1. The number of hydrogen-bond donors (Lipinski definition) is 1. The lowest BCUT2D eigenvalue weighted by Crippen LogP contribution is -2.40. The van der Waals surface area contributed by atoms with Crippen molar-refractivity contribution < 1.29 is 4.74 Å². The van der Waals surface area contributed by atoms with Gasteiger partial charge in [0.25, 0.3) is 0 Å². The van der Waals surface area contributed by atoms with Crippen LogP contribution in [0.4, 0.5) is 0 Å². The third-order valence-corrected chi connectivity index (χ3v) is 4.34. The van der Waals surface area contributed by atoms with Crippen molar-refractivity contribution in [2.24, 2.45) is 5.92 Å². The van der Waals surface area contributed by atoms with Crippen LogP contribution in [0.3, 0.4) is 0 Å². The Balaban J connectivity index is 2.01. The van der Waals surface area contributed by atoms with Crippen molar-refractivity contribution in [3.63, 3.8) is 0 Å². The smallest absolute Gasteiger partial charge is 0.0897 e. The number of nitrogens with zero attached hydrogens (tertiary/aromatic N) is 1. The lowest BCUT2D eigenvalue weighted by atomic mass is 9.90. The number of ether oxygens (including phenoxy) is 1. The van der Waals surface area contributed by atoms with E-state index in [2.05, 4.69) is 36.5 Å². The molecule has 0 amide bonds. The van der Waals surface area contributed by atoms with Gasteiger partial charge in [0.1, 0.15) is 0 Å². The van der Waals surface area contributed by atoms with E-state index in [1.807, 2.05) is 0 Å². The minimum absolute atomic E-state index is 0.374. The van der Waals surface area contributed by atoms with E-state index >= 15 is 0 Å². The molecular formula is C13H22N2OS. The molecule has 0 saturated carbocycles. The van der Waals surface area contributed by atoms with Crippen molar-refractivity contribution in [3.05, 3.63) is 16.1 Å². The summed E-state index contributed by atoms with van der Waals surface area (Å²) in [7, 11) is 0. The number of aromatic nitrogens is 1. The van der Waals surface area contributed by atoms with E-state index < -0.39 is 0 Å². The van der Waals surface area contributed by atoms with Crippen LogP contribution >= 0.6 is 11.3 Å². The minimum Gasteiger partial charge on any atom is -0.378 e. The van der Waals surface area contributed by atoms with Gasteiger partial charge in [-0.3, -0.25) is 0 Å². The van der Waals surface area contributed by atoms with Gasteiger partial charge in [-0.25, -0.2) is 4.98 Å². The maximum absolute atomic E-state index is 5.68. The molecule has 2 rings (SSSR count). The number of hydrogen-bond acceptors (Lipinski definition) is 4. The number of likely N-dealkylation sites (N-methyl/N-ethyl adjacent to an activating group) is 1. The Morgan fingerprint density at radius 2 is 2.47 bits per heavy atom. The molecule has 3 nitrogen and oxygen atoms in total. The molecular weight excluding hydrogens is 232 g/mol. The third kappa shape index (κ3) is 3.27. The fourth-order valence-corrected chi connectivity index (χ4v) is 3.27. The summed E-state index contributed by atoms with van der Waals surface area (Å²) in [6.45, 7) is 8.34. The molecule has 1 aliphatic rings. The molecule has 0 spiro atoms. The van der Waals surface area contributed by atoms with Crippen LogP contribution in [0.15, 0.2) is 5.38 Å². The summed E-state index contributed by atoms with van der Waals surface area (Å²) in [5.74, 6) is 0.622. The second-order valence-electron chi connectivity index (χ2n) is 4.75. The molecule has 3 unspecified atom stereocenters. The Morgan fingerprint density at radius 1 is 1.65 bits per heavy atom. The van der Waals surface area contributed by atoms with Gasteiger partial charge in [-0.15, -0.1) is 11.3 Å². The molecule has 0 aliphatic carbocycles. The quantitative estimate of drug-likeness (QED) is 0.876. The molecule has 1 aliphatic heterocycles. The van der Waals surface area contributed by atoms with Gasteiger partial charge in [0.2, 0.25) is 0 Å². The van der Waals surface area contributed by atoms with Crippen molar-refractivity contribution in [1.82, 2.24) is 10.3 Å². The van der Waals surface area contributed by atoms with Gasteiger partial charge < -0.3 is 10.1 Å². The second kappa shape index (κ2) is 5.94. The Labute approximate surface area is 108 Å². The van der Waals surface area contributed by atoms with Crippen molar-refractivity contribution in [2.45, 2.75) is 45.8 Å². The first-order chi connectivity index (χ1) is 8.20. The number of thiazole rings is 1. The van der Waals surface area contributed by atoms with Gasteiger partial charge in [0.05, 0.1) is 16.8 Å². The van der Waals surface area contributed by atoms with Gasteiger partial charge in [-0.05, 0) is 26.8 Å². The molecule has 1 N–H and O–H groups in total. The first-order valence-electron chi connectivity index (χ1n) is 6.46. The zero-order valence-corrected chi connectivity index (χ0v) is 11.7. The maximum Gasteiger partial charge on any atom is 0.0897 e. The fraction of sp³-hybridized carbons (Fsp3) is 0.769. The highest BCUT2D eigenvalue weighted by atomic mass is 32.1. The molecule has 1 saturated heterocycles. The molecule has 1 fully saturated rings. The van der Waals surface area contributed by atoms with E-state index in [0.717, 1.165) is 24.6 Å². The summed E-state index contributed by atoms with van der Waals surface area (Å²) in [6.07, 6.45) is 2.57. The van der Waals surface area contributed by atoms with E-state index in [1.165, 1.54) is 12.1 Å². The van der Waals surface area contributed by atoms with E-state index in [1.54, 1.807) is 11.3 Å². The fourth-order valence-electron chi connectivity index (χ4n) is 2.64. The van der Waals surface area contributed by atoms with Gasteiger partial charge in [0.15, 0.2) is 0 Å². The second-order valence-corrected chi connectivity index (χ2v) is 5.82. The first kappa shape index (κ1) is 13.0. The lowest BCUT2D eigenvalue weighted by molar-refractivity contribution is 0.0955. The van der Waals surface area contributed by atoms with Crippen LogP contribution in [0.2, 0.25) is 0 Å². The Bertz CT molecular complexity index is 353. The summed E-state index contributed by atoms with van der Waals surface area (Å²) in [5.41, 5.74) is 1.22. The normalized spacial score (nSPS) is 26.3. The highest BCUT2D eigenvalue weighted by Crippen LogP contribution is 2.26. The molecule has 17 heavy (non-hydrogen) atoms. The predicted octanol–water partition coefficient (Wildman–Crippen LogP) is 2.40. The van der Waals surface area contributed by atoms with E-state index in [9.17, 15) is 0 Å². The van der Waals surface area contributed by atoms with Crippen LogP contribution in [0.5, 0.6) is 0 Å². The average molecular weight is 254 g/mol. The van der Waals surface area contributed by atoms with Crippen LogP contribution in [0.25, 0.3) is 0 Å². The standard InChI is InChI=1S/C13H22N2OS/c1-4-14-13(12-5-6-16-9(12)2)7-11-8-17-10(3)15-11/h8-9,12-14H,4-7H2,1-3H3. The molecule has 3 atom stereocenters. The average Bonchev–Trinajstić information content (AvgIpc) is 2.87. The van der Waals surface area contributed by atoms with Crippen molar-refractivity contribution >= 4 is 11.3 Å². The van der Waals surface area contributed by atoms with Gasteiger partial charge in [0, 0.05) is 30.4 Å². The molecule has 96 valence electrons. The topological polar surface area (TPSA) is 34.2 Å². The third-order valence-electron chi connectivity index (χ3n) is 3.51. The van der Waals surface area contributed by atoms with E-state index in [4.69, 9.17) is 4.74 Å². The van der Waals surface area contributed by atoms with Crippen LogP contribution in [0.1, 0.15) is 31.0 Å². The largest absolute Gasteiger partial charge is 0.378 e. The Hall–Kier alpha value is -0.450. The van der Waals surface area contributed by atoms with Gasteiger partial charge in [-0.1, -0.05) is 6.92 Å². The molecule has 4 heteroatoms. The highest BCUT2D eigenvalue weighted by Gasteiger charge is 2.31. The molecule has 2 heterocycles. The van der Waals surface area contributed by atoms with Crippen molar-refractivity contribution in [3.8, 4) is 0 Å².